The average Bonchev–Trinajstić information content (AvgIpc) is 2.54. The summed E-state index contributed by atoms with van der Waals surface area (Å²) >= 11 is 0. The smallest absolute Gasteiger partial charge is 0.222 e. The molecule has 2 fully saturated rings. The summed E-state index contributed by atoms with van der Waals surface area (Å²) in [6.07, 6.45) is 9.18. The molecule has 1 saturated carbocycles. The second-order valence-corrected chi connectivity index (χ2v) is 5.25. The SMILES string of the molecule is NCC1CCCCC1N1CCCCCC1=O. The summed E-state index contributed by atoms with van der Waals surface area (Å²) < 4.78 is 0. The van der Waals surface area contributed by atoms with Gasteiger partial charge in [0.15, 0.2) is 0 Å². The van der Waals surface area contributed by atoms with Crippen molar-refractivity contribution in [3.8, 4) is 0 Å². The van der Waals surface area contributed by atoms with Gasteiger partial charge in [-0.05, 0) is 38.1 Å². The van der Waals surface area contributed by atoms with Gasteiger partial charge < -0.3 is 10.6 Å². The van der Waals surface area contributed by atoms with Gasteiger partial charge in [0.2, 0.25) is 5.91 Å². The minimum Gasteiger partial charge on any atom is -0.339 e. The van der Waals surface area contributed by atoms with Gasteiger partial charge in [-0.15, -0.1) is 0 Å². The largest absolute Gasteiger partial charge is 0.339 e. The summed E-state index contributed by atoms with van der Waals surface area (Å²) in [5.41, 5.74) is 5.85. The molecule has 0 radical (unpaired) electrons. The Kier molecular flexibility index (Phi) is 4.22. The maximum absolute atomic E-state index is 12.1. The van der Waals surface area contributed by atoms with Crippen LogP contribution in [-0.2, 0) is 4.79 Å². The van der Waals surface area contributed by atoms with Crippen molar-refractivity contribution in [3.63, 3.8) is 0 Å². The van der Waals surface area contributed by atoms with Gasteiger partial charge in [-0.3, -0.25) is 4.79 Å². The monoisotopic (exact) mass is 224 g/mol. The van der Waals surface area contributed by atoms with Crippen molar-refractivity contribution in [2.24, 2.45) is 11.7 Å². The Labute approximate surface area is 98.4 Å². The topological polar surface area (TPSA) is 46.3 Å². The average molecular weight is 224 g/mol. The number of amides is 1. The molecule has 0 spiro atoms. The quantitative estimate of drug-likeness (QED) is 0.778. The molecule has 1 heterocycles. The van der Waals surface area contributed by atoms with Crippen LogP contribution < -0.4 is 5.73 Å². The van der Waals surface area contributed by atoms with Crippen LogP contribution in [0.25, 0.3) is 0 Å². The van der Waals surface area contributed by atoms with Gasteiger partial charge in [0.25, 0.3) is 0 Å². The molecule has 0 aromatic carbocycles. The highest BCUT2D eigenvalue weighted by molar-refractivity contribution is 5.76. The minimum atomic E-state index is 0.378. The van der Waals surface area contributed by atoms with Gasteiger partial charge in [-0.1, -0.05) is 19.3 Å². The summed E-state index contributed by atoms with van der Waals surface area (Å²) in [5.74, 6) is 0.929. The van der Waals surface area contributed by atoms with Crippen molar-refractivity contribution < 1.29 is 4.79 Å². The van der Waals surface area contributed by atoms with Crippen LogP contribution in [0.5, 0.6) is 0 Å². The second kappa shape index (κ2) is 5.67. The lowest BCUT2D eigenvalue weighted by Gasteiger charge is -2.39. The van der Waals surface area contributed by atoms with Crippen LogP contribution in [0.4, 0.5) is 0 Å². The Morgan fingerprint density at radius 2 is 1.94 bits per heavy atom. The number of rotatable bonds is 2. The van der Waals surface area contributed by atoms with Crippen molar-refractivity contribution in [1.29, 1.82) is 0 Å². The third-order valence-corrected chi connectivity index (χ3v) is 4.18. The van der Waals surface area contributed by atoms with Crippen LogP contribution in [0.1, 0.15) is 51.4 Å². The van der Waals surface area contributed by atoms with Crippen molar-refractivity contribution in [3.05, 3.63) is 0 Å². The van der Waals surface area contributed by atoms with E-state index >= 15 is 0 Å². The van der Waals surface area contributed by atoms with E-state index in [1.54, 1.807) is 0 Å². The molecule has 2 N–H and O–H groups in total. The van der Waals surface area contributed by atoms with E-state index in [-0.39, 0.29) is 0 Å². The molecule has 16 heavy (non-hydrogen) atoms. The van der Waals surface area contributed by atoms with Crippen LogP contribution in [0, 0.1) is 5.92 Å². The van der Waals surface area contributed by atoms with Crippen molar-refractivity contribution >= 4 is 5.91 Å². The Morgan fingerprint density at radius 1 is 1.12 bits per heavy atom. The molecule has 92 valence electrons. The highest BCUT2D eigenvalue weighted by atomic mass is 16.2. The fourth-order valence-electron chi connectivity index (χ4n) is 3.23. The number of carbonyl (C=O) groups excluding carboxylic acids is 1. The lowest BCUT2D eigenvalue weighted by atomic mass is 9.83. The van der Waals surface area contributed by atoms with E-state index in [9.17, 15) is 4.79 Å². The first kappa shape index (κ1) is 11.9. The third kappa shape index (κ3) is 2.57. The highest BCUT2D eigenvalue weighted by Crippen LogP contribution is 2.29. The molecule has 0 aromatic rings. The Balaban J connectivity index is 2.04. The standard InChI is InChI=1S/C13H24N2O/c14-10-11-6-3-4-7-12(11)15-9-5-1-2-8-13(15)16/h11-12H,1-10,14H2. The first-order chi connectivity index (χ1) is 7.83. The normalized spacial score (nSPS) is 32.6. The highest BCUT2D eigenvalue weighted by Gasteiger charge is 2.32. The van der Waals surface area contributed by atoms with E-state index in [2.05, 4.69) is 4.90 Å². The molecule has 0 aromatic heterocycles. The predicted molar refractivity (Wildman–Crippen MR) is 65.0 cm³/mol. The Morgan fingerprint density at radius 3 is 2.75 bits per heavy atom. The lowest BCUT2D eigenvalue weighted by molar-refractivity contribution is -0.134. The van der Waals surface area contributed by atoms with Crippen molar-refractivity contribution in [1.82, 2.24) is 4.90 Å². The number of hydrogen-bond acceptors (Lipinski definition) is 2. The molecule has 3 heteroatoms. The number of carbonyl (C=O) groups is 1. The van der Waals surface area contributed by atoms with Crippen LogP contribution in [0.15, 0.2) is 0 Å². The molecule has 1 aliphatic carbocycles. The van der Waals surface area contributed by atoms with Crippen LogP contribution in [-0.4, -0.2) is 29.9 Å². The molecule has 2 unspecified atom stereocenters. The molecule has 2 rings (SSSR count). The molecule has 2 aliphatic rings. The van der Waals surface area contributed by atoms with E-state index < -0.39 is 0 Å². The van der Waals surface area contributed by atoms with E-state index in [0.29, 0.717) is 17.9 Å². The van der Waals surface area contributed by atoms with E-state index in [1.807, 2.05) is 0 Å². The molecule has 1 amide bonds. The van der Waals surface area contributed by atoms with Gasteiger partial charge in [0.05, 0.1) is 0 Å². The van der Waals surface area contributed by atoms with Gasteiger partial charge in [-0.25, -0.2) is 0 Å². The zero-order chi connectivity index (χ0) is 11.4. The van der Waals surface area contributed by atoms with Gasteiger partial charge in [0, 0.05) is 19.0 Å². The van der Waals surface area contributed by atoms with Crippen molar-refractivity contribution in [2.45, 2.75) is 57.4 Å². The van der Waals surface area contributed by atoms with Crippen LogP contribution >= 0.6 is 0 Å². The lowest BCUT2D eigenvalue weighted by Crippen LogP contribution is -2.47. The molecular weight excluding hydrogens is 200 g/mol. The van der Waals surface area contributed by atoms with Gasteiger partial charge in [-0.2, -0.15) is 0 Å². The number of likely N-dealkylation sites (tertiary alicyclic amines) is 1. The third-order valence-electron chi connectivity index (χ3n) is 4.18. The molecule has 3 nitrogen and oxygen atoms in total. The molecule has 1 saturated heterocycles. The zero-order valence-electron chi connectivity index (χ0n) is 10.2. The molecule has 1 aliphatic heterocycles. The van der Waals surface area contributed by atoms with Gasteiger partial charge in [0.1, 0.15) is 0 Å². The van der Waals surface area contributed by atoms with E-state index in [1.165, 1.54) is 38.5 Å². The predicted octanol–water partition coefficient (Wildman–Crippen LogP) is 1.91. The summed E-state index contributed by atoms with van der Waals surface area (Å²) in [5, 5.41) is 0. The van der Waals surface area contributed by atoms with Crippen LogP contribution in [0.2, 0.25) is 0 Å². The summed E-state index contributed by atoms with van der Waals surface area (Å²) in [7, 11) is 0. The Bertz CT molecular complexity index is 242. The molecular formula is C13H24N2O. The Hall–Kier alpha value is -0.570. The maximum atomic E-state index is 12.1. The number of nitrogens with zero attached hydrogens (tertiary/aromatic N) is 1. The fourth-order valence-corrected chi connectivity index (χ4v) is 3.23. The zero-order valence-corrected chi connectivity index (χ0v) is 10.2. The second-order valence-electron chi connectivity index (χ2n) is 5.25. The van der Waals surface area contributed by atoms with Crippen LogP contribution in [0.3, 0.4) is 0 Å². The first-order valence-electron chi connectivity index (χ1n) is 6.82. The fraction of sp³-hybridized carbons (Fsp3) is 0.923. The van der Waals surface area contributed by atoms with Crippen molar-refractivity contribution in [2.75, 3.05) is 13.1 Å². The van der Waals surface area contributed by atoms with Gasteiger partial charge >= 0.3 is 0 Å². The summed E-state index contributed by atoms with van der Waals surface area (Å²) in [4.78, 5) is 14.2. The molecule has 2 atom stereocenters. The minimum absolute atomic E-state index is 0.378. The number of hydrogen-bond donors (Lipinski definition) is 1. The summed E-state index contributed by atoms with van der Waals surface area (Å²) in [6, 6.07) is 0.448. The number of nitrogens with two attached hydrogens (primary N) is 1. The molecule has 0 bridgehead atoms. The van der Waals surface area contributed by atoms with E-state index in [0.717, 1.165) is 25.9 Å². The first-order valence-corrected chi connectivity index (χ1v) is 6.82. The summed E-state index contributed by atoms with van der Waals surface area (Å²) in [6.45, 7) is 1.72. The maximum Gasteiger partial charge on any atom is 0.222 e. The van der Waals surface area contributed by atoms with E-state index in [4.69, 9.17) is 5.73 Å².